The molecule has 0 spiro atoms. The number of rotatable bonds is 5. The number of nitrogen functional groups attached to an aromatic ring is 1. The zero-order chi connectivity index (χ0) is 28.0. The van der Waals surface area contributed by atoms with Gasteiger partial charge in [0, 0.05) is 35.8 Å². The molecule has 10 heteroatoms. The molecule has 2 aliphatic rings. The van der Waals surface area contributed by atoms with E-state index in [4.69, 9.17) is 21.9 Å². The molecule has 3 aromatic carbocycles. The third kappa shape index (κ3) is 4.16. The standard InChI is InChI=1S/C30H28N6O3S/c31-16-36-14-4-5-18(15-36)35-29(38)27-24-23-21(12-13-22(32)26(23)40-27)30(34,28(37)25(24)33)17-8-10-20(11-9-17)39-19-6-2-1-3-7-19/h1-3,6-13,18,25H,4-5,14-15,32-34H2,(H,35,38). The second-order valence-electron chi connectivity index (χ2n) is 10.2. The van der Waals surface area contributed by atoms with Crippen LogP contribution in [0.5, 0.6) is 11.5 Å². The number of ketones is 1. The van der Waals surface area contributed by atoms with Crippen molar-refractivity contribution >= 4 is 38.8 Å². The second kappa shape index (κ2) is 9.95. The van der Waals surface area contributed by atoms with Crippen LogP contribution in [0.3, 0.4) is 0 Å². The number of para-hydroxylation sites is 1. The molecule has 0 bridgehead atoms. The van der Waals surface area contributed by atoms with Crippen molar-refractivity contribution in [2.75, 3.05) is 18.8 Å². The third-order valence-corrected chi connectivity index (χ3v) is 8.96. The number of nitrogens with two attached hydrogens (primary N) is 3. The largest absolute Gasteiger partial charge is 0.457 e. The second-order valence-corrected chi connectivity index (χ2v) is 11.2. The number of carbonyl (C=O) groups is 2. The van der Waals surface area contributed by atoms with Crippen LogP contribution >= 0.6 is 11.3 Å². The molecule has 1 aromatic heterocycles. The van der Waals surface area contributed by atoms with Crippen LogP contribution in [0.15, 0.2) is 66.7 Å². The van der Waals surface area contributed by atoms with Crippen LogP contribution in [0.2, 0.25) is 0 Å². The Labute approximate surface area is 235 Å². The fraction of sp³-hybridized carbons (Fsp3) is 0.233. The lowest BCUT2D eigenvalue weighted by atomic mass is 9.70. The minimum atomic E-state index is -1.55. The Bertz CT molecular complexity index is 1660. The van der Waals surface area contributed by atoms with Crippen LogP contribution in [0.1, 0.15) is 45.2 Å². The summed E-state index contributed by atoms with van der Waals surface area (Å²) in [5.74, 6) is 0.544. The number of ether oxygens (including phenoxy) is 1. The van der Waals surface area contributed by atoms with Crippen LogP contribution in [0.4, 0.5) is 5.69 Å². The summed E-state index contributed by atoms with van der Waals surface area (Å²) in [7, 11) is 0. The quantitative estimate of drug-likeness (QED) is 0.215. The van der Waals surface area contributed by atoms with E-state index < -0.39 is 17.4 Å². The maximum absolute atomic E-state index is 14.0. The average Bonchev–Trinajstić information content (AvgIpc) is 3.38. The number of nitrogens with one attached hydrogen (secondary N) is 1. The minimum Gasteiger partial charge on any atom is -0.457 e. The molecule has 6 rings (SSSR count). The number of carbonyl (C=O) groups excluding carboxylic acids is 2. The maximum atomic E-state index is 14.0. The van der Waals surface area contributed by atoms with E-state index in [-0.39, 0.29) is 11.9 Å². The van der Waals surface area contributed by atoms with Gasteiger partial charge in [-0.1, -0.05) is 36.4 Å². The monoisotopic (exact) mass is 552 g/mol. The van der Waals surface area contributed by atoms with Gasteiger partial charge in [0.25, 0.3) is 5.91 Å². The fourth-order valence-electron chi connectivity index (χ4n) is 5.69. The number of Topliss-reactive ketones (excluding diaryl/α,β-unsaturated/α-hetero) is 1. The molecule has 0 saturated carbocycles. The van der Waals surface area contributed by atoms with E-state index >= 15 is 0 Å². The molecule has 2 heterocycles. The Morgan fingerprint density at radius 1 is 1.10 bits per heavy atom. The first-order valence-corrected chi connectivity index (χ1v) is 13.9. The van der Waals surface area contributed by atoms with Gasteiger partial charge in [0.2, 0.25) is 0 Å². The molecule has 1 aliphatic carbocycles. The van der Waals surface area contributed by atoms with Crippen LogP contribution in [0.25, 0.3) is 10.1 Å². The molecule has 3 atom stereocenters. The van der Waals surface area contributed by atoms with Crippen LogP contribution in [-0.4, -0.2) is 35.7 Å². The van der Waals surface area contributed by atoms with Gasteiger partial charge in [-0.2, -0.15) is 5.26 Å². The number of piperidine rings is 1. The smallest absolute Gasteiger partial charge is 0.262 e. The van der Waals surface area contributed by atoms with Crippen molar-refractivity contribution in [2.45, 2.75) is 30.5 Å². The van der Waals surface area contributed by atoms with Gasteiger partial charge in [0.05, 0.1) is 15.6 Å². The molecule has 9 nitrogen and oxygen atoms in total. The molecule has 7 N–H and O–H groups in total. The molecule has 1 fully saturated rings. The highest BCUT2D eigenvalue weighted by atomic mass is 32.1. The Kier molecular flexibility index (Phi) is 6.43. The molecule has 3 unspecified atom stereocenters. The summed E-state index contributed by atoms with van der Waals surface area (Å²) in [5.41, 5.74) is 20.4. The number of benzene rings is 3. The topological polar surface area (TPSA) is 160 Å². The number of hydrogen-bond donors (Lipinski definition) is 4. The normalized spacial score (nSPS) is 22.1. The van der Waals surface area contributed by atoms with Crippen molar-refractivity contribution in [3.05, 3.63) is 88.3 Å². The van der Waals surface area contributed by atoms with Crippen LogP contribution in [0, 0.1) is 11.5 Å². The maximum Gasteiger partial charge on any atom is 0.262 e. The first-order chi connectivity index (χ1) is 19.3. The highest BCUT2D eigenvalue weighted by Crippen LogP contribution is 2.49. The molecule has 40 heavy (non-hydrogen) atoms. The summed E-state index contributed by atoms with van der Waals surface area (Å²) in [6.07, 6.45) is 3.72. The number of amides is 1. The van der Waals surface area contributed by atoms with Gasteiger partial charge in [-0.05, 0) is 54.3 Å². The third-order valence-electron chi connectivity index (χ3n) is 7.71. The lowest BCUT2D eigenvalue weighted by Crippen LogP contribution is -2.52. The molecule has 0 radical (unpaired) electrons. The first-order valence-electron chi connectivity index (χ1n) is 13.0. The van der Waals surface area contributed by atoms with Gasteiger partial charge >= 0.3 is 0 Å². The van der Waals surface area contributed by atoms with Crippen LogP contribution in [-0.2, 0) is 10.3 Å². The number of thiophene rings is 1. The van der Waals surface area contributed by atoms with Gasteiger partial charge in [0.1, 0.15) is 17.0 Å². The first kappa shape index (κ1) is 25.8. The summed E-state index contributed by atoms with van der Waals surface area (Å²) < 4.78 is 6.57. The van der Waals surface area contributed by atoms with E-state index in [9.17, 15) is 14.9 Å². The number of likely N-dealkylation sites (tertiary alicyclic amines) is 1. The summed E-state index contributed by atoms with van der Waals surface area (Å²) >= 11 is 1.21. The highest BCUT2D eigenvalue weighted by molar-refractivity contribution is 7.21. The predicted molar refractivity (Wildman–Crippen MR) is 154 cm³/mol. The van der Waals surface area contributed by atoms with E-state index in [1.807, 2.05) is 30.3 Å². The molecule has 1 amide bonds. The van der Waals surface area contributed by atoms with Crippen molar-refractivity contribution in [3.8, 4) is 17.7 Å². The van der Waals surface area contributed by atoms with Gasteiger partial charge in [-0.15, -0.1) is 11.3 Å². The van der Waals surface area contributed by atoms with E-state index in [1.165, 1.54) is 11.3 Å². The summed E-state index contributed by atoms with van der Waals surface area (Å²) in [5, 5.41) is 13.0. The molecule has 1 saturated heterocycles. The SMILES string of the molecule is N#CN1CCCC(NC(=O)c2sc3c(N)ccc4c3c2C(N)C(=O)C4(N)c2ccc(Oc3ccccc3)cc2)C1. The molecular formula is C30H28N6O3S. The molecular weight excluding hydrogens is 524 g/mol. The van der Waals surface area contributed by atoms with E-state index in [0.29, 0.717) is 61.9 Å². The zero-order valence-electron chi connectivity index (χ0n) is 21.6. The Morgan fingerprint density at radius 2 is 1.82 bits per heavy atom. The Morgan fingerprint density at radius 3 is 2.55 bits per heavy atom. The predicted octanol–water partition coefficient (Wildman–Crippen LogP) is 3.74. The van der Waals surface area contributed by atoms with Crippen molar-refractivity contribution in [1.82, 2.24) is 10.2 Å². The number of nitrogens with zero attached hydrogens (tertiary/aromatic N) is 2. The zero-order valence-corrected chi connectivity index (χ0v) is 22.4. The van der Waals surface area contributed by atoms with E-state index in [2.05, 4.69) is 11.5 Å². The molecule has 1 aliphatic heterocycles. The van der Waals surface area contributed by atoms with Crippen molar-refractivity contribution in [2.24, 2.45) is 11.5 Å². The van der Waals surface area contributed by atoms with E-state index in [1.54, 1.807) is 41.3 Å². The number of anilines is 1. The lowest BCUT2D eigenvalue weighted by Gasteiger charge is -2.36. The molecule has 202 valence electrons. The van der Waals surface area contributed by atoms with Crippen molar-refractivity contribution in [3.63, 3.8) is 0 Å². The van der Waals surface area contributed by atoms with Gasteiger partial charge in [-0.3, -0.25) is 9.59 Å². The highest BCUT2D eigenvalue weighted by Gasteiger charge is 2.48. The average molecular weight is 553 g/mol. The van der Waals surface area contributed by atoms with Gasteiger partial charge in [-0.25, -0.2) is 0 Å². The Balaban J connectivity index is 1.39. The van der Waals surface area contributed by atoms with Gasteiger partial charge in [0.15, 0.2) is 12.0 Å². The van der Waals surface area contributed by atoms with E-state index in [0.717, 1.165) is 12.8 Å². The minimum absolute atomic E-state index is 0.184. The van der Waals surface area contributed by atoms with Crippen molar-refractivity contribution < 1.29 is 14.3 Å². The Hall–Kier alpha value is -4.43. The summed E-state index contributed by atoms with van der Waals surface area (Å²) in [6.45, 7) is 1.12. The number of hydrogen-bond acceptors (Lipinski definition) is 9. The fourth-order valence-corrected chi connectivity index (χ4v) is 6.90. The van der Waals surface area contributed by atoms with Crippen LogP contribution < -0.4 is 27.3 Å². The summed E-state index contributed by atoms with van der Waals surface area (Å²) in [4.78, 5) is 29.5. The summed E-state index contributed by atoms with van der Waals surface area (Å²) in [6, 6.07) is 18.6. The molecule has 4 aromatic rings. The van der Waals surface area contributed by atoms with Crippen molar-refractivity contribution in [1.29, 1.82) is 5.26 Å². The lowest BCUT2D eigenvalue weighted by molar-refractivity contribution is -0.124. The number of nitriles is 1. The van der Waals surface area contributed by atoms with Gasteiger partial charge < -0.3 is 32.2 Å².